The minimum absolute atomic E-state index is 0.140. The molecule has 0 aliphatic rings. The van der Waals surface area contributed by atoms with E-state index in [9.17, 15) is 13.6 Å². The molecule has 3 aromatic rings. The molecule has 3 rings (SSSR count). The van der Waals surface area contributed by atoms with Crippen LogP contribution in [0.5, 0.6) is 0 Å². The van der Waals surface area contributed by atoms with Gasteiger partial charge in [0.25, 0.3) is 12.0 Å². The number of halogens is 3. The van der Waals surface area contributed by atoms with Crippen LogP contribution in [0.3, 0.4) is 0 Å². The molecule has 1 heterocycles. The number of alkyl halides is 2. The Balaban J connectivity index is 2.46. The molecule has 25 heavy (non-hydrogen) atoms. The molecular weight excluding hydrogens is 348 g/mol. The largest absolute Gasteiger partial charge is 0.322 e. The van der Waals surface area contributed by atoms with Crippen LogP contribution in [-0.4, -0.2) is 9.55 Å². The summed E-state index contributed by atoms with van der Waals surface area (Å²) in [5, 5.41) is 0.484. The Labute approximate surface area is 147 Å². The van der Waals surface area contributed by atoms with E-state index in [1.54, 1.807) is 38.1 Å². The number of hydrogen-bond acceptors (Lipinski definition) is 3. The quantitative estimate of drug-likeness (QED) is 0.754. The summed E-state index contributed by atoms with van der Waals surface area (Å²) in [6.07, 6.45) is -2.65. The van der Waals surface area contributed by atoms with Gasteiger partial charge in [-0.25, -0.2) is 13.8 Å². The van der Waals surface area contributed by atoms with Gasteiger partial charge in [-0.1, -0.05) is 29.8 Å². The van der Waals surface area contributed by atoms with Gasteiger partial charge in [0.2, 0.25) is 0 Å². The third kappa shape index (κ3) is 2.92. The maximum absolute atomic E-state index is 13.3. The Hall–Kier alpha value is -2.31. The molecule has 0 aliphatic carbocycles. The highest BCUT2D eigenvalue weighted by Crippen LogP contribution is 2.28. The Bertz CT molecular complexity index is 1020. The maximum atomic E-state index is 13.3. The van der Waals surface area contributed by atoms with E-state index in [1.165, 1.54) is 16.7 Å². The van der Waals surface area contributed by atoms with Crippen molar-refractivity contribution in [3.63, 3.8) is 0 Å². The average molecular weight is 364 g/mol. The molecule has 130 valence electrons. The molecule has 1 unspecified atom stereocenters. The van der Waals surface area contributed by atoms with Gasteiger partial charge in [0, 0.05) is 5.56 Å². The van der Waals surface area contributed by atoms with Gasteiger partial charge in [-0.2, -0.15) is 0 Å². The van der Waals surface area contributed by atoms with Gasteiger partial charge in [0.15, 0.2) is 0 Å². The SMILES string of the molecule is Cc1c(C(F)F)cccc1-n1c(C(C)N)nc2cccc(Cl)c2c1=O. The van der Waals surface area contributed by atoms with E-state index in [2.05, 4.69) is 4.98 Å². The van der Waals surface area contributed by atoms with Crippen molar-refractivity contribution >= 4 is 22.5 Å². The summed E-state index contributed by atoms with van der Waals surface area (Å²) in [7, 11) is 0. The second-order valence-corrected chi connectivity index (χ2v) is 6.23. The molecule has 0 amide bonds. The minimum atomic E-state index is -2.65. The summed E-state index contributed by atoms with van der Waals surface area (Å²) < 4.78 is 27.8. The van der Waals surface area contributed by atoms with Crippen molar-refractivity contribution < 1.29 is 8.78 Å². The number of rotatable bonds is 3. The minimum Gasteiger partial charge on any atom is -0.322 e. The third-order valence-electron chi connectivity index (χ3n) is 4.10. The van der Waals surface area contributed by atoms with E-state index in [4.69, 9.17) is 17.3 Å². The van der Waals surface area contributed by atoms with Crippen LogP contribution >= 0.6 is 11.6 Å². The predicted octanol–water partition coefficient (Wildman–Crippen LogP) is 4.30. The smallest absolute Gasteiger partial charge is 0.267 e. The van der Waals surface area contributed by atoms with Gasteiger partial charge in [-0.15, -0.1) is 0 Å². The van der Waals surface area contributed by atoms with Gasteiger partial charge in [0.1, 0.15) is 5.82 Å². The highest BCUT2D eigenvalue weighted by Gasteiger charge is 2.20. The van der Waals surface area contributed by atoms with Gasteiger partial charge < -0.3 is 5.73 Å². The average Bonchev–Trinajstić information content (AvgIpc) is 2.55. The molecule has 1 atom stereocenters. The number of benzene rings is 2. The molecule has 0 radical (unpaired) electrons. The van der Waals surface area contributed by atoms with E-state index in [1.807, 2.05) is 0 Å². The molecule has 0 bridgehead atoms. The fraction of sp³-hybridized carbons (Fsp3) is 0.222. The second-order valence-electron chi connectivity index (χ2n) is 5.83. The summed E-state index contributed by atoms with van der Waals surface area (Å²) in [5.74, 6) is 0.286. The van der Waals surface area contributed by atoms with Crippen molar-refractivity contribution in [3.8, 4) is 5.69 Å². The van der Waals surface area contributed by atoms with E-state index in [0.29, 0.717) is 16.8 Å². The lowest BCUT2D eigenvalue weighted by Crippen LogP contribution is -2.28. The topological polar surface area (TPSA) is 60.9 Å². The van der Waals surface area contributed by atoms with Crippen molar-refractivity contribution in [2.24, 2.45) is 5.73 Å². The normalized spacial score (nSPS) is 12.8. The number of nitrogens with zero attached hydrogens (tertiary/aromatic N) is 2. The number of nitrogens with two attached hydrogens (primary N) is 1. The summed E-state index contributed by atoms with van der Waals surface area (Å²) in [4.78, 5) is 17.6. The van der Waals surface area contributed by atoms with Gasteiger partial charge in [-0.3, -0.25) is 9.36 Å². The molecule has 0 fully saturated rings. The molecule has 0 saturated carbocycles. The molecule has 1 aromatic heterocycles. The lowest BCUT2D eigenvalue weighted by Gasteiger charge is -2.19. The van der Waals surface area contributed by atoms with Crippen LogP contribution in [0.2, 0.25) is 5.02 Å². The van der Waals surface area contributed by atoms with Gasteiger partial charge in [0.05, 0.1) is 27.7 Å². The first-order valence-electron chi connectivity index (χ1n) is 7.67. The van der Waals surface area contributed by atoms with Gasteiger partial charge in [-0.05, 0) is 37.6 Å². The lowest BCUT2D eigenvalue weighted by atomic mass is 10.1. The zero-order valence-electron chi connectivity index (χ0n) is 13.6. The number of aromatic nitrogens is 2. The Morgan fingerprint density at radius 1 is 1.20 bits per heavy atom. The monoisotopic (exact) mass is 363 g/mol. The van der Waals surface area contributed by atoms with Crippen LogP contribution in [0.15, 0.2) is 41.2 Å². The second kappa shape index (κ2) is 6.54. The van der Waals surface area contributed by atoms with Gasteiger partial charge >= 0.3 is 0 Å². The summed E-state index contributed by atoms with van der Waals surface area (Å²) in [6, 6.07) is 8.78. The molecule has 7 heteroatoms. The summed E-state index contributed by atoms with van der Waals surface area (Å²) >= 11 is 6.17. The summed E-state index contributed by atoms with van der Waals surface area (Å²) in [5.41, 5.74) is 6.47. The van der Waals surface area contributed by atoms with Crippen LogP contribution in [0.4, 0.5) is 8.78 Å². The van der Waals surface area contributed by atoms with Crippen molar-refractivity contribution in [1.82, 2.24) is 9.55 Å². The Morgan fingerprint density at radius 3 is 2.52 bits per heavy atom. The number of hydrogen-bond donors (Lipinski definition) is 1. The lowest BCUT2D eigenvalue weighted by molar-refractivity contribution is 0.150. The maximum Gasteiger partial charge on any atom is 0.267 e. The predicted molar refractivity (Wildman–Crippen MR) is 94.6 cm³/mol. The van der Waals surface area contributed by atoms with E-state index < -0.39 is 18.0 Å². The highest BCUT2D eigenvalue weighted by molar-refractivity contribution is 6.35. The van der Waals surface area contributed by atoms with Crippen molar-refractivity contribution in [2.75, 3.05) is 0 Å². The highest BCUT2D eigenvalue weighted by atomic mass is 35.5. The molecule has 0 spiro atoms. The van der Waals surface area contributed by atoms with Crippen LogP contribution in [0.25, 0.3) is 16.6 Å². The third-order valence-corrected chi connectivity index (χ3v) is 4.42. The van der Waals surface area contributed by atoms with Crippen molar-refractivity contribution in [2.45, 2.75) is 26.3 Å². The molecule has 2 N–H and O–H groups in total. The zero-order chi connectivity index (χ0) is 18.3. The molecule has 2 aromatic carbocycles. The van der Waals surface area contributed by atoms with Crippen LogP contribution in [-0.2, 0) is 0 Å². The van der Waals surface area contributed by atoms with Crippen LogP contribution in [0.1, 0.15) is 36.3 Å². The first-order chi connectivity index (χ1) is 11.8. The molecular formula is C18H16ClF2N3O. The fourth-order valence-corrected chi connectivity index (χ4v) is 3.11. The fourth-order valence-electron chi connectivity index (χ4n) is 2.86. The van der Waals surface area contributed by atoms with Crippen LogP contribution < -0.4 is 11.3 Å². The van der Waals surface area contributed by atoms with E-state index in [0.717, 1.165) is 0 Å². The number of fused-ring (bicyclic) bond motifs is 1. The zero-order valence-corrected chi connectivity index (χ0v) is 14.4. The Morgan fingerprint density at radius 2 is 1.88 bits per heavy atom. The first kappa shape index (κ1) is 17.5. The van der Waals surface area contributed by atoms with E-state index in [-0.39, 0.29) is 21.8 Å². The summed E-state index contributed by atoms with van der Waals surface area (Å²) in [6.45, 7) is 3.23. The molecule has 0 saturated heterocycles. The standard InChI is InChI=1S/C18H16ClF2N3O/c1-9-11(16(20)21)5-3-8-14(9)24-17(10(2)22)23-13-7-4-6-12(19)15(13)18(24)25/h3-8,10,16H,22H2,1-2H3. The van der Waals surface area contributed by atoms with Crippen LogP contribution in [0, 0.1) is 6.92 Å². The van der Waals surface area contributed by atoms with E-state index >= 15 is 0 Å². The molecule has 4 nitrogen and oxygen atoms in total. The first-order valence-corrected chi connectivity index (χ1v) is 8.05. The molecule has 0 aliphatic heterocycles. The van der Waals surface area contributed by atoms with Crippen molar-refractivity contribution in [1.29, 1.82) is 0 Å². The van der Waals surface area contributed by atoms with Crippen molar-refractivity contribution in [3.05, 3.63) is 68.7 Å². The Kier molecular flexibility index (Phi) is 4.58.